The van der Waals surface area contributed by atoms with Gasteiger partial charge < -0.3 is 4.74 Å². The number of aliphatic imine (C=N–C) groups is 1. The Hall–Kier alpha value is -2.81. The number of amidine groups is 1. The van der Waals surface area contributed by atoms with E-state index >= 15 is 0 Å². The molecule has 0 saturated carbocycles. The van der Waals surface area contributed by atoms with Gasteiger partial charge in [0, 0.05) is 5.88 Å². The molecule has 3 aromatic rings. The molecule has 1 heterocycles. The third kappa shape index (κ3) is 6.83. The van der Waals surface area contributed by atoms with Gasteiger partial charge in [0.15, 0.2) is 11.6 Å². The summed E-state index contributed by atoms with van der Waals surface area (Å²) in [6.07, 6.45) is -2.79. The van der Waals surface area contributed by atoms with E-state index in [1.165, 1.54) is 24.4 Å². The molecule has 2 N–H and O–H groups in total. The van der Waals surface area contributed by atoms with Crippen molar-refractivity contribution in [3.63, 3.8) is 0 Å². The summed E-state index contributed by atoms with van der Waals surface area (Å²) in [5, 5.41) is 9.84. The molecule has 174 valence electrons. The van der Waals surface area contributed by atoms with Gasteiger partial charge in [-0.25, -0.2) is 4.98 Å². The molecule has 0 radical (unpaired) electrons. The maximum Gasteiger partial charge on any atom is 0.416 e. The number of benzene rings is 2. The minimum Gasteiger partial charge on any atom is -0.455 e. The van der Waals surface area contributed by atoms with Crippen LogP contribution in [0.15, 0.2) is 65.8 Å². The second-order valence-electron chi connectivity index (χ2n) is 7.22. The molecule has 33 heavy (non-hydrogen) atoms. The average Bonchev–Trinajstić information content (AvgIpc) is 2.79. The Kier molecular flexibility index (Phi) is 8.18. The number of alkyl halides is 4. The molecule has 0 aliphatic heterocycles. The molecular weight excluding hydrogens is 478 g/mol. The van der Waals surface area contributed by atoms with E-state index in [9.17, 15) is 18.4 Å². The predicted octanol–water partition coefficient (Wildman–Crippen LogP) is 6.43. The summed E-state index contributed by atoms with van der Waals surface area (Å²) in [4.78, 5) is 8.41. The zero-order valence-corrected chi connectivity index (χ0v) is 18.9. The van der Waals surface area contributed by atoms with Crippen molar-refractivity contribution in [3.8, 4) is 11.5 Å². The van der Waals surface area contributed by atoms with Gasteiger partial charge in [-0.15, -0.1) is 11.6 Å². The highest BCUT2D eigenvalue weighted by molar-refractivity contribution is 6.29. The summed E-state index contributed by atoms with van der Waals surface area (Å²) < 4.78 is 44.8. The summed E-state index contributed by atoms with van der Waals surface area (Å²) in [6, 6.07) is 13.2. The molecule has 1 aromatic heterocycles. The number of nitrogens with one attached hydrogen (secondary N) is 1. The van der Waals surface area contributed by atoms with Gasteiger partial charge in [-0.2, -0.15) is 13.2 Å². The number of rotatable bonds is 7. The second-order valence-corrected chi connectivity index (χ2v) is 7.91. The Balaban J connectivity index is 1.93. The molecule has 0 fully saturated rings. The van der Waals surface area contributed by atoms with Gasteiger partial charge >= 0.3 is 6.18 Å². The van der Waals surface area contributed by atoms with Crippen LogP contribution >= 0.6 is 23.2 Å². The first-order chi connectivity index (χ1) is 15.7. The van der Waals surface area contributed by atoms with Crippen molar-refractivity contribution >= 4 is 29.0 Å². The standard InChI is InChI=1S/C23H20Cl2F3N3O2/c1-14-5-7-15(8-6-14)9-17(12-24)30-22(31-32)19-11-21(25)29-13-20(19)33-18-4-2-3-16(10-18)23(26,27)28/h2-8,10-11,13,17,32H,9,12H2,1H3,(H,30,31)/t17-/m1/s1. The van der Waals surface area contributed by atoms with Crippen LogP contribution < -0.4 is 10.2 Å². The Bertz CT molecular complexity index is 1120. The normalized spacial score (nSPS) is 13.0. The quantitative estimate of drug-likeness (QED) is 0.130. The molecule has 0 bridgehead atoms. The zero-order chi connectivity index (χ0) is 24.0. The van der Waals surface area contributed by atoms with E-state index in [1.807, 2.05) is 36.7 Å². The van der Waals surface area contributed by atoms with Crippen molar-refractivity contribution in [3.05, 3.63) is 88.2 Å². The van der Waals surface area contributed by atoms with Crippen LogP contribution in [-0.4, -0.2) is 27.9 Å². The number of aromatic nitrogens is 1. The maximum absolute atomic E-state index is 13.0. The molecule has 1 atom stereocenters. The monoisotopic (exact) mass is 497 g/mol. The highest BCUT2D eigenvalue weighted by Gasteiger charge is 2.30. The van der Waals surface area contributed by atoms with Crippen LogP contribution in [0.3, 0.4) is 0 Å². The number of nitrogens with zero attached hydrogens (tertiary/aromatic N) is 2. The first-order valence-electron chi connectivity index (χ1n) is 9.80. The fraction of sp³-hybridized carbons (Fsp3) is 0.217. The fourth-order valence-corrected chi connectivity index (χ4v) is 3.35. The van der Waals surface area contributed by atoms with Gasteiger partial charge in [-0.3, -0.25) is 15.7 Å². The number of pyridine rings is 1. The molecule has 0 aliphatic carbocycles. The molecular formula is C23H20Cl2F3N3O2. The number of ether oxygens (including phenoxy) is 1. The number of aryl methyl sites for hydroxylation is 1. The topological polar surface area (TPSA) is 66.7 Å². The lowest BCUT2D eigenvalue weighted by atomic mass is 10.1. The minimum absolute atomic E-state index is 0.0148. The molecule has 3 rings (SSSR count). The van der Waals surface area contributed by atoms with Gasteiger partial charge in [0.1, 0.15) is 10.9 Å². The van der Waals surface area contributed by atoms with Gasteiger partial charge in [0.2, 0.25) is 0 Å². The van der Waals surface area contributed by atoms with E-state index in [-0.39, 0.29) is 33.9 Å². The highest BCUT2D eigenvalue weighted by Crippen LogP contribution is 2.33. The minimum atomic E-state index is -4.52. The highest BCUT2D eigenvalue weighted by atomic mass is 35.5. The average molecular weight is 498 g/mol. The Morgan fingerprint density at radius 2 is 1.91 bits per heavy atom. The Morgan fingerprint density at radius 3 is 2.55 bits per heavy atom. The Morgan fingerprint density at radius 1 is 1.18 bits per heavy atom. The molecule has 0 unspecified atom stereocenters. The van der Waals surface area contributed by atoms with Crippen molar-refractivity contribution in [1.82, 2.24) is 10.5 Å². The lowest BCUT2D eigenvalue weighted by Crippen LogP contribution is -2.25. The third-order valence-electron chi connectivity index (χ3n) is 4.67. The van der Waals surface area contributed by atoms with E-state index in [0.717, 1.165) is 23.3 Å². The van der Waals surface area contributed by atoms with E-state index in [0.29, 0.717) is 6.42 Å². The molecule has 10 heteroatoms. The van der Waals surface area contributed by atoms with E-state index in [2.05, 4.69) is 9.98 Å². The molecule has 0 aliphatic rings. The zero-order valence-electron chi connectivity index (χ0n) is 17.4. The summed E-state index contributed by atoms with van der Waals surface area (Å²) >= 11 is 12.1. The lowest BCUT2D eigenvalue weighted by Gasteiger charge is -2.16. The van der Waals surface area contributed by atoms with Crippen LogP contribution in [0.1, 0.15) is 22.3 Å². The molecule has 2 aromatic carbocycles. The largest absolute Gasteiger partial charge is 0.455 e. The van der Waals surface area contributed by atoms with E-state index in [4.69, 9.17) is 27.9 Å². The number of halogens is 5. The van der Waals surface area contributed by atoms with Gasteiger partial charge in [-0.1, -0.05) is 47.5 Å². The molecule has 0 saturated heterocycles. The van der Waals surface area contributed by atoms with Crippen molar-refractivity contribution in [2.75, 3.05) is 5.88 Å². The van der Waals surface area contributed by atoms with Crippen molar-refractivity contribution in [1.29, 1.82) is 0 Å². The van der Waals surface area contributed by atoms with Crippen LogP contribution in [0.2, 0.25) is 5.15 Å². The maximum atomic E-state index is 13.0. The Labute approximate surface area is 198 Å². The summed E-state index contributed by atoms with van der Waals surface area (Å²) in [7, 11) is 0. The van der Waals surface area contributed by atoms with Gasteiger partial charge in [0.25, 0.3) is 0 Å². The van der Waals surface area contributed by atoms with Crippen LogP contribution in [0.25, 0.3) is 0 Å². The molecule has 0 amide bonds. The van der Waals surface area contributed by atoms with Crippen LogP contribution in [0.5, 0.6) is 11.5 Å². The number of hydrogen-bond acceptors (Lipinski definition) is 4. The van der Waals surface area contributed by atoms with Crippen LogP contribution in [0.4, 0.5) is 13.2 Å². The van der Waals surface area contributed by atoms with Crippen molar-refractivity contribution in [2.24, 2.45) is 4.99 Å². The molecule has 5 nitrogen and oxygen atoms in total. The van der Waals surface area contributed by atoms with Crippen molar-refractivity contribution < 1.29 is 23.1 Å². The summed E-state index contributed by atoms with van der Waals surface area (Å²) in [6.45, 7) is 1.98. The number of hydrogen-bond donors (Lipinski definition) is 2. The van der Waals surface area contributed by atoms with Gasteiger partial charge in [0.05, 0.1) is 23.4 Å². The fourth-order valence-electron chi connectivity index (χ4n) is 3.02. The summed E-state index contributed by atoms with van der Waals surface area (Å²) in [5.41, 5.74) is 3.47. The van der Waals surface area contributed by atoms with E-state index < -0.39 is 17.8 Å². The molecule has 0 spiro atoms. The van der Waals surface area contributed by atoms with Crippen LogP contribution in [0, 0.1) is 6.92 Å². The van der Waals surface area contributed by atoms with Crippen molar-refractivity contribution in [2.45, 2.75) is 25.6 Å². The summed E-state index contributed by atoms with van der Waals surface area (Å²) in [5.74, 6) is 0.115. The van der Waals surface area contributed by atoms with E-state index in [1.54, 1.807) is 0 Å². The van der Waals surface area contributed by atoms with Gasteiger partial charge in [-0.05, 0) is 43.2 Å². The predicted molar refractivity (Wildman–Crippen MR) is 122 cm³/mol. The number of hydroxylamine groups is 1. The first-order valence-corrected chi connectivity index (χ1v) is 10.7. The first kappa shape index (κ1) is 24.8. The SMILES string of the molecule is Cc1ccc(C[C@H](CCl)N=C(NO)c2cc(Cl)ncc2Oc2cccc(C(F)(F)F)c2)cc1. The van der Waals surface area contributed by atoms with Crippen LogP contribution in [-0.2, 0) is 12.6 Å². The third-order valence-corrected chi connectivity index (χ3v) is 5.23. The second kappa shape index (κ2) is 10.9. The lowest BCUT2D eigenvalue weighted by molar-refractivity contribution is -0.137. The smallest absolute Gasteiger partial charge is 0.416 e.